The fraction of sp³-hybridized carbons (Fsp3) is 0.222. The molecule has 2 rings (SSSR count). The van der Waals surface area contributed by atoms with Crippen LogP contribution in [0.25, 0.3) is 0 Å². The van der Waals surface area contributed by atoms with Crippen molar-refractivity contribution < 1.29 is 22.7 Å². The first kappa shape index (κ1) is 17.9. The molecular formula is C18H18O5S. The van der Waals surface area contributed by atoms with Gasteiger partial charge in [0.15, 0.2) is 22.2 Å². The number of esters is 1. The van der Waals surface area contributed by atoms with E-state index in [1.54, 1.807) is 24.3 Å². The summed E-state index contributed by atoms with van der Waals surface area (Å²) >= 11 is 0. The van der Waals surface area contributed by atoms with Crippen molar-refractivity contribution in [3.8, 4) is 0 Å². The van der Waals surface area contributed by atoms with E-state index in [0.29, 0.717) is 11.1 Å². The summed E-state index contributed by atoms with van der Waals surface area (Å²) in [7, 11) is -3.19. The standard InChI is InChI=1S/C18H18O5S/c1-13-6-8-15(9-7-13)17(19)11-23-18(20)16-5-3-4-14(10-16)12-24(2,21)22/h3-10H,11-12H2,1-2H3. The molecule has 0 saturated heterocycles. The predicted octanol–water partition coefficient (Wildman–Crippen LogP) is 2.58. The van der Waals surface area contributed by atoms with Crippen molar-refractivity contribution in [1.29, 1.82) is 0 Å². The summed E-state index contributed by atoms with van der Waals surface area (Å²) in [6.45, 7) is 1.55. The lowest BCUT2D eigenvalue weighted by Gasteiger charge is -2.06. The monoisotopic (exact) mass is 346 g/mol. The van der Waals surface area contributed by atoms with Gasteiger partial charge in [0.2, 0.25) is 0 Å². The number of hydrogen-bond donors (Lipinski definition) is 0. The van der Waals surface area contributed by atoms with Gasteiger partial charge in [0, 0.05) is 11.8 Å². The topological polar surface area (TPSA) is 77.5 Å². The zero-order valence-electron chi connectivity index (χ0n) is 13.5. The minimum absolute atomic E-state index is 0.156. The maximum absolute atomic E-state index is 12.0. The lowest BCUT2D eigenvalue weighted by Crippen LogP contribution is -2.14. The van der Waals surface area contributed by atoms with Crippen molar-refractivity contribution in [2.24, 2.45) is 0 Å². The van der Waals surface area contributed by atoms with E-state index in [1.165, 1.54) is 12.1 Å². The van der Waals surface area contributed by atoms with Crippen LogP contribution in [0, 0.1) is 6.92 Å². The molecule has 5 nitrogen and oxygen atoms in total. The second-order valence-corrected chi connectivity index (χ2v) is 7.78. The van der Waals surface area contributed by atoms with Gasteiger partial charge in [0.05, 0.1) is 11.3 Å². The molecule has 0 spiro atoms. The number of ketones is 1. The van der Waals surface area contributed by atoms with Crippen molar-refractivity contribution >= 4 is 21.6 Å². The van der Waals surface area contributed by atoms with Crippen LogP contribution in [0.15, 0.2) is 48.5 Å². The molecule has 0 aliphatic rings. The lowest BCUT2D eigenvalue weighted by atomic mass is 10.1. The largest absolute Gasteiger partial charge is 0.454 e. The van der Waals surface area contributed by atoms with Crippen molar-refractivity contribution in [3.63, 3.8) is 0 Å². The van der Waals surface area contributed by atoms with Crippen LogP contribution in [0.5, 0.6) is 0 Å². The van der Waals surface area contributed by atoms with Gasteiger partial charge < -0.3 is 4.74 Å². The second kappa shape index (κ2) is 7.40. The Hall–Kier alpha value is -2.47. The molecular weight excluding hydrogens is 328 g/mol. The van der Waals surface area contributed by atoms with Gasteiger partial charge in [-0.25, -0.2) is 13.2 Å². The molecule has 0 bridgehead atoms. The van der Waals surface area contributed by atoms with Crippen LogP contribution in [0.3, 0.4) is 0 Å². The average molecular weight is 346 g/mol. The Morgan fingerprint density at radius 1 is 1.00 bits per heavy atom. The molecule has 0 unspecified atom stereocenters. The zero-order chi connectivity index (χ0) is 17.7. The maximum atomic E-state index is 12.0. The number of rotatable bonds is 6. The summed E-state index contributed by atoms with van der Waals surface area (Å²) in [5.74, 6) is -1.11. The quantitative estimate of drug-likeness (QED) is 0.593. The van der Waals surface area contributed by atoms with Crippen molar-refractivity contribution in [3.05, 3.63) is 70.8 Å². The molecule has 0 aliphatic carbocycles. The molecule has 2 aromatic rings. The fourth-order valence-corrected chi connectivity index (χ4v) is 2.91. The van der Waals surface area contributed by atoms with E-state index >= 15 is 0 Å². The SMILES string of the molecule is Cc1ccc(C(=O)COC(=O)c2cccc(CS(C)(=O)=O)c2)cc1. The van der Waals surface area contributed by atoms with Crippen LogP contribution >= 0.6 is 0 Å². The minimum atomic E-state index is -3.19. The molecule has 0 atom stereocenters. The third kappa shape index (κ3) is 5.31. The van der Waals surface area contributed by atoms with Gasteiger partial charge in [-0.3, -0.25) is 4.79 Å². The number of carbonyl (C=O) groups excluding carboxylic acids is 2. The zero-order valence-corrected chi connectivity index (χ0v) is 14.3. The van der Waals surface area contributed by atoms with Crippen LogP contribution < -0.4 is 0 Å². The summed E-state index contributed by atoms with van der Waals surface area (Å²) in [5, 5.41) is 0. The van der Waals surface area contributed by atoms with E-state index in [2.05, 4.69) is 0 Å². The number of sulfone groups is 1. The number of ether oxygens (including phenoxy) is 1. The Bertz CT molecular complexity index is 851. The average Bonchev–Trinajstić information content (AvgIpc) is 2.51. The normalized spacial score (nSPS) is 11.1. The highest BCUT2D eigenvalue weighted by Gasteiger charge is 2.13. The Balaban J connectivity index is 2.01. The van der Waals surface area contributed by atoms with Crippen LogP contribution in [-0.4, -0.2) is 33.0 Å². The molecule has 0 radical (unpaired) electrons. The highest BCUT2D eigenvalue weighted by atomic mass is 32.2. The van der Waals surface area contributed by atoms with E-state index in [4.69, 9.17) is 4.74 Å². The minimum Gasteiger partial charge on any atom is -0.454 e. The highest BCUT2D eigenvalue weighted by molar-refractivity contribution is 7.89. The first-order chi connectivity index (χ1) is 11.2. The summed E-state index contributed by atoms with van der Waals surface area (Å²) in [6.07, 6.45) is 1.12. The molecule has 24 heavy (non-hydrogen) atoms. The van der Waals surface area contributed by atoms with E-state index in [-0.39, 0.29) is 23.7 Å². The van der Waals surface area contributed by atoms with Crippen molar-refractivity contribution in [2.45, 2.75) is 12.7 Å². The number of carbonyl (C=O) groups is 2. The van der Waals surface area contributed by atoms with E-state index < -0.39 is 15.8 Å². The smallest absolute Gasteiger partial charge is 0.338 e. The van der Waals surface area contributed by atoms with Crippen LogP contribution in [-0.2, 0) is 20.3 Å². The molecule has 0 amide bonds. The Labute approximate surface area is 141 Å². The number of aryl methyl sites for hydroxylation is 1. The maximum Gasteiger partial charge on any atom is 0.338 e. The van der Waals surface area contributed by atoms with Crippen molar-refractivity contribution in [1.82, 2.24) is 0 Å². The molecule has 0 saturated carbocycles. The van der Waals surface area contributed by atoms with E-state index in [9.17, 15) is 18.0 Å². The van der Waals surface area contributed by atoms with Crippen LogP contribution in [0.1, 0.15) is 31.8 Å². The molecule has 6 heteroatoms. The van der Waals surface area contributed by atoms with Gasteiger partial charge >= 0.3 is 5.97 Å². The summed E-state index contributed by atoms with van der Waals surface area (Å²) in [6, 6.07) is 13.2. The summed E-state index contributed by atoms with van der Waals surface area (Å²) in [5.41, 5.74) is 2.22. The molecule has 0 aromatic heterocycles. The summed E-state index contributed by atoms with van der Waals surface area (Å²) in [4.78, 5) is 24.0. The first-order valence-electron chi connectivity index (χ1n) is 7.28. The predicted molar refractivity (Wildman–Crippen MR) is 90.8 cm³/mol. The van der Waals surface area contributed by atoms with E-state index in [0.717, 1.165) is 11.8 Å². The molecule has 0 N–H and O–H groups in total. The highest BCUT2D eigenvalue weighted by Crippen LogP contribution is 2.11. The van der Waals surface area contributed by atoms with Crippen LogP contribution in [0.2, 0.25) is 0 Å². The Kier molecular flexibility index (Phi) is 5.51. The lowest BCUT2D eigenvalue weighted by molar-refractivity contribution is 0.0474. The molecule has 0 heterocycles. The van der Waals surface area contributed by atoms with Gasteiger partial charge in [-0.1, -0.05) is 42.0 Å². The number of hydrogen-bond acceptors (Lipinski definition) is 5. The van der Waals surface area contributed by atoms with Crippen LogP contribution in [0.4, 0.5) is 0 Å². The number of Topliss-reactive ketones (excluding diaryl/α,β-unsaturated/α-hetero) is 1. The fourth-order valence-electron chi connectivity index (χ4n) is 2.13. The third-order valence-corrected chi connectivity index (χ3v) is 4.16. The second-order valence-electron chi connectivity index (χ2n) is 5.64. The van der Waals surface area contributed by atoms with Crippen molar-refractivity contribution in [2.75, 3.05) is 12.9 Å². The number of benzene rings is 2. The third-order valence-electron chi connectivity index (χ3n) is 3.30. The van der Waals surface area contributed by atoms with Gasteiger partial charge in [-0.15, -0.1) is 0 Å². The molecule has 0 aliphatic heterocycles. The van der Waals surface area contributed by atoms with Gasteiger partial charge in [0.25, 0.3) is 0 Å². The molecule has 2 aromatic carbocycles. The Morgan fingerprint density at radius 3 is 2.29 bits per heavy atom. The van der Waals surface area contributed by atoms with Gasteiger partial charge in [-0.05, 0) is 24.6 Å². The van der Waals surface area contributed by atoms with E-state index in [1.807, 2.05) is 19.1 Å². The van der Waals surface area contributed by atoms with Gasteiger partial charge in [-0.2, -0.15) is 0 Å². The Morgan fingerprint density at radius 2 is 1.67 bits per heavy atom. The molecule has 0 fully saturated rings. The van der Waals surface area contributed by atoms with Gasteiger partial charge in [0.1, 0.15) is 0 Å². The summed E-state index contributed by atoms with van der Waals surface area (Å²) < 4.78 is 27.7. The first-order valence-corrected chi connectivity index (χ1v) is 9.34. The molecule has 126 valence electrons.